The summed E-state index contributed by atoms with van der Waals surface area (Å²) in [6.45, 7) is 0. The molecular formula is C13H7F5N2O2. The maximum Gasteiger partial charge on any atom is 0.307 e. The van der Waals surface area contributed by atoms with E-state index >= 15 is 0 Å². The summed E-state index contributed by atoms with van der Waals surface area (Å²) in [5, 5.41) is 8.76. The van der Waals surface area contributed by atoms with E-state index in [4.69, 9.17) is 10.8 Å². The largest absolute Gasteiger partial charge is 0.481 e. The van der Waals surface area contributed by atoms with Gasteiger partial charge in [0.05, 0.1) is 12.0 Å². The summed E-state index contributed by atoms with van der Waals surface area (Å²) in [4.78, 5) is 14.3. The summed E-state index contributed by atoms with van der Waals surface area (Å²) in [7, 11) is 0. The van der Waals surface area contributed by atoms with Gasteiger partial charge in [-0.1, -0.05) is 0 Å². The molecular weight excluding hydrogens is 311 g/mol. The first kappa shape index (κ1) is 15.7. The number of nitrogen functional groups attached to an aromatic ring is 1. The van der Waals surface area contributed by atoms with E-state index < -0.39 is 52.6 Å². The Morgan fingerprint density at radius 3 is 2.05 bits per heavy atom. The molecule has 0 atom stereocenters. The highest BCUT2D eigenvalue weighted by Crippen LogP contribution is 2.33. The zero-order chi connectivity index (χ0) is 16.6. The minimum atomic E-state index is -2.30. The van der Waals surface area contributed by atoms with Crippen LogP contribution in [0.5, 0.6) is 0 Å². The van der Waals surface area contributed by atoms with Gasteiger partial charge in [0.2, 0.25) is 5.82 Å². The third-order valence-electron chi connectivity index (χ3n) is 2.83. The van der Waals surface area contributed by atoms with Crippen molar-refractivity contribution in [3.8, 4) is 11.1 Å². The minimum Gasteiger partial charge on any atom is -0.481 e. The number of pyridine rings is 1. The summed E-state index contributed by atoms with van der Waals surface area (Å²) < 4.78 is 67.1. The van der Waals surface area contributed by atoms with Crippen molar-refractivity contribution >= 4 is 11.8 Å². The molecule has 0 amide bonds. The topological polar surface area (TPSA) is 76.2 Å². The van der Waals surface area contributed by atoms with Gasteiger partial charge < -0.3 is 10.8 Å². The Morgan fingerprint density at radius 2 is 1.55 bits per heavy atom. The van der Waals surface area contributed by atoms with Crippen LogP contribution < -0.4 is 5.73 Å². The van der Waals surface area contributed by atoms with Gasteiger partial charge in [-0.2, -0.15) is 0 Å². The van der Waals surface area contributed by atoms with Crippen molar-refractivity contribution in [3.63, 3.8) is 0 Å². The molecule has 0 aliphatic carbocycles. The van der Waals surface area contributed by atoms with Gasteiger partial charge in [0.15, 0.2) is 23.3 Å². The normalized spacial score (nSPS) is 10.8. The Balaban J connectivity index is 2.80. The van der Waals surface area contributed by atoms with Crippen LogP contribution in [0.2, 0.25) is 0 Å². The minimum absolute atomic E-state index is 0.163. The molecule has 0 unspecified atom stereocenters. The monoisotopic (exact) mass is 318 g/mol. The third-order valence-corrected chi connectivity index (χ3v) is 2.83. The van der Waals surface area contributed by atoms with E-state index in [0.29, 0.717) is 0 Å². The van der Waals surface area contributed by atoms with Crippen LogP contribution >= 0.6 is 0 Å². The number of aliphatic carboxylic acids is 1. The standard InChI is InChI=1S/C13H7F5N2O2/c14-9-8(10(15)12(17)13(18)11(9)16)5-3-20-6(19)1-4(5)2-7(21)22/h1,3H,2H2,(H2,19,20)(H,21,22). The molecule has 1 aromatic heterocycles. The SMILES string of the molecule is Nc1cc(CC(=O)O)c(-c2c(F)c(F)c(F)c(F)c2F)cn1. The maximum atomic E-state index is 13.8. The fraction of sp³-hybridized carbons (Fsp3) is 0.0769. The first-order chi connectivity index (χ1) is 10.2. The lowest BCUT2D eigenvalue weighted by molar-refractivity contribution is -0.136. The molecule has 9 heteroatoms. The zero-order valence-corrected chi connectivity index (χ0v) is 10.6. The first-order valence-electron chi connectivity index (χ1n) is 5.72. The Labute approximate surface area is 120 Å². The number of aromatic nitrogens is 1. The summed E-state index contributed by atoms with van der Waals surface area (Å²) in [5.41, 5.74) is 3.32. The molecule has 2 rings (SSSR count). The number of carbonyl (C=O) groups is 1. The molecule has 0 bridgehead atoms. The van der Waals surface area contributed by atoms with Crippen LogP contribution in [0.25, 0.3) is 11.1 Å². The van der Waals surface area contributed by atoms with Crippen LogP contribution in [0.3, 0.4) is 0 Å². The molecule has 116 valence electrons. The lowest BCUT2D eigenvalue weighted by Crippen LogP contribution is -2.08. The van der Waals surface area contributed by atoms with E-state index in [0.717, 1.165) is 12.3 Å². The molecule has 3 N–H and O–H groups in total. The van der Waals surface area contributed by atoms with Crippen LogP contribution in [-0.4, -0.2) is 16.1 Å². The lowest BCUT2D eigenvalue weighted by atomic mass is 9.98. The molecule has 1 heterocycles. The Kier molecular flexibility index (Phi) is 3.98. The molecule has 0 spiro atoms. The van der Waals surface area contributed by atoms with E-state index in [9.17, 15) is 26.7 Å². The van der Waals surface area contributed by atoms with Crippen molar-refractivity contribution in [1.82, 2.24) is 4.98 Å². The second kappa shape index (κ2) is 5.58. The molecule has 1 aromatic carbocycles. The first-order valence-corrected chi connectivity index (χ1v) is 5.72. The van der Waals surface area contributed by atoms with E-state index in [1.54, 1.807) is 0 Å². The Morgan fingerprint density at radius 1 is 1.05 bits per heavy atom. The summed E-state index contributed by atoms with van der Waals surface area (Å²) in [6, 6.07) is 0.988. The molecule has 0 saturated carbocycles. The number of carboxylic acid groups (broad SMARTS) is 1. The van der Waals surface area contributed by atoms with Crippen molar-refractivity contribution < 1.29 is 31.9 Å². The van der Waals surface area contributed by atoms with Gasteiger partial charge >= 0.3 is 5.97 Å². The van der Waals surface area contributed by atoms with Crippen molar-refractivity contribution in [2.75, 3.05) is 5.73 Å². The summed E-state index contributed by atoms with van der Waals surface area (Å²) in [6.07, 6.45) is 0.0213. The fourth-order valence-electron chi connectivity index (χ4n) is 1.89. The molecule has 2 aromatic rings. The van der Waals surface area contributed by atoms with Gasteiger partial charge in [0, 0.05) is 11.8 Å². The second-order valence-electron chi connectivity index (χ2n) is 4.28. The molecule has 4 nitrogen and oxygen atoms in total. The van der Waals surface area contributed by atoms with Gasteiger partial charge in [-0.3, -0.25) is 4.79 Å². The highest BCUT2D eigenvalue weighted by molar-refractivity contribution is 5.77. The number of carboxylic acids is 1. The number of benzene rings is 1. The second-order valence-corrected chi connectivity index (χ2v) is 4.28. The molecule has 0 fully saturated rings. The smallest absolute Gasteiger partial charge is 0.307 e. The van der Waals surface area contributed by atoms with Gasteiger partial charge in [0.25, 0.3) is 0 Å². The number of nitrogens with two attached hydrogens (primary N) is 1. The number of anilines is 1. The Hall–Kier alpha value is -2.71. The molecule has 0 saturated heterocycles. The van der Waals surface area contributed by atoms with E-state index in [1.165, 1.54) is 0 Å². The van der Waals surface area contributed by atoms with Gasteiger partial charge in [0.1, 0.15) is 5.82 Å². The zero-order valence-electron chi connectivity index (χ0n) is 10.6. The predicted octanol–water partition coefficient (Wildman–Crippen LogP) is 2.65. The number of hydrogen-bond acceptors (Lipinski definition) is 3. The van der Waals surface area contributed by atoms with Crippen LogP contribution in [0.4, 0.5) is 27.8 Å². The van der Waals surface area contributed by atoms with Crippen LogP contribution in [0.15, 0.2) is 12.3 Å². The highest BCUT2D eigenvalue weighted by Gasteiger charge is 2.28. The summed E-state index contributed by atoms with van der Waals surface area (Å²) >= 11 is 0. The number of rotatable bonds is 3. The van der Waals surface area contributed by atoms with Gasteiger partial charge in [-0.15, -0.1) is 0 Å². The number of halogens is 5. The van der Waals surface area contributed by atoms with Crippen molar-refractivity contribution in [1.29, 1.82) is 0 Å². The summed E-state index contributed by atoms with van der Waals surface area (Å²) in [5.74, 6) is -12.3. The van der Waals surface area contributed by atoms with Crippen LogP contribution in [0.1, 0.15) is 5.56 Å². The van der Waals surface area contributed by atoms with Crippen molar-refractivity contribution in [2.45, 2.75) is 6.42 Å². The quantitative estimate of drug-likeness (QED) is 0.518. The average Bonchev–Trinajstić information content (AvgIpc) is 2.45. The molecule has 0 radical (unpaired) electrons. The number of hydrogen-bond donors (Lipinski definition) is 2. The maximum absolute atomic E-state index is 13.8. The molecule has 0 aliphatic rings. The van der Waals surface area contributed by atoms with Crippen molar-refractivity contribution in [2.24, 2.45) is 0 Å². The molecule has 0 aliphatic heterocycles. The number of nitrogens with zero attached hydrogens (tertiary/aromatic N) is 1. The Bertz CT molecular complexity index is 751. The fourth-order valence-corrected chi connectivity index (χ4v) is 1.89. The van der Waals surface area contributed by atoms with Gasteiger partial charge in [-0.05, 0) is 11.6 Å². The highest BCUT2D eigenvalue weighted by atomic mass is 19.2. The van der Waals surface area contributed by atoms with E-state index in [-0.39, 0.29) is 11.4 Å². The van der Waals surface area contributed by atoms with E-state index in [1.807, 2.05) is 0 Å². The van der Waals surface area contributed by atoms with Crippen molar-refractivity contribution in [3.05, 3.63) is 46.9 Å². The lowest BCUT2D eigenvalue weighted by Gasteiger charge is -2.12. The van der Waals surface area contributed by atoms with Crippen LogP contribution in [0, 0.1) is 29.1 Å². The molecule has 22 heavy (non-hydrogen) atoms. The average molecular weight is 318 g/mol. The third kappa shape index (κ3) is 2.57. The van der Waals surface area contributed by atoms with Crippen LogP contribution in [-0.2, 0) is 11.2 Å². The predicted molar refractivity (Wildman–Crippen MR) is 65.2 cm³/mol. The van der Waals surface area contributed by atoms with Gasteiger partial charge in [-0.25, -0.2) is 26.9 Å². The van der Waals surface area contributed by atoms with E-state index in [2.05, 4.69) is 4.98 Å².